The number of nitrogens with one attached hydrogen (secondary N) is 1. The summed E-state index contributed by atoms with van der Waals surface area (Å²) in [4.78, 5) is 30.1. The van der Waals surface area contributed by atoms with E-state index in [1.165, 1.54) is 11.6 Å². The first kappa shape index (κ1) is 17.5. The van der Waals surface area contributed by atoms with Crippen LogP contribution in [-0.2, 0) is 11.2 Å². The Hall–Kier alpha value is -2.92. The maximum absolute atomic E-state index is 12.9. The number of aryl methyl sites for hydroxylation is 1. The number of H-pyrrole nitrogens is 1. The average molecular weight is 362 g/mol. The van der Waals surface area contributed by atoms with Gasteiger partial charge >= 0.3 is 0 Å². The van der Waals surface area contributed by atoms with Crippen molar-refractivity contribution in [3.05, 3.63) is 82.1 Å². The first-order valence-electron chi connectivity index (χ1n) is 9.27. The van der Waals surface area contributed by atoms with E-state index in [0.717, 1.165) is 12.8 Å². The van der Waals surface area contributed by atoms with E-state index in [-0.39, 0.29) is 17.4 Å². The Morgan fingerprint density at radius 1 is 1.11 bits per heavy atom. The fourth-order valence-electron chi connectivity index (χ4n) is 3.53. The number of morpholine rings is 1. The zero-order valence-electron chi connectivity index (χ0n) is 15.1. The predicted molar refractivity (Wildman–Crippen MR) is 105 cm³/mol. The molecule has 4 rings (SSSR count). The van der Waals surface area contributed by atoms with Gasteiger partial charge in [-0.05, 0) is 30.5 Å². The Balaban J connectivity index is 1.46. The summed E-state index contributed by atoms with van der Waals surface area (Å²) in [7, 11) is 0. The fourth-order valence-corrected chi connectivity index (χ4v) is 3.53. The first-order chi connectivity index (χ1) is 13.2. The molecule has 3 aromatic rings. The van der Waals surface area contributed by atoms with Crippen LogP contribution in [-0.4, -0.2) is 41.6 Å². The molecule has 0 radical (unpaired) electrons. The van der Waals surface area contributed by atoms with Gasteiger partial charge in [-0.2, -0.15) is 0 Å². The number of hydrogen-bond donors (Lipinski definition) is 1. The predicted octanol–water partition coefficient (Wildman–Crippen LogP) is 3.00. The van der Waals surface area contributed by atoms with Crippen LogP contribution in [0.15, 0.2) is 65.5 Å². The topological polar surface area (TPSA) is 62.4 Å². The van der Waals surface area contributed by atoms with Crippen LogP contribution < -0.4 is 5.43 Å². The number of fused-ring (bicyclic) bond motifs is 1. The lowest BCUT2D eigenvalue weighted by atomic mass is 10.1. The molecule has 27 heavy (non-hydrogen) atoms. The molecule has 0 saturated carbocycles. The quantitative estimate of drug-likeness (QED) is 0.776. The first-order valence-corrected chi connectivity index (χ1v) is 9.27. The Morgan fingerprint density at radius 3 is 2.74 bits per heavy atom. The van der Waals surface area contributed by atoms with Crippen molar-refractivity contribution in [2.24, 2.45) is 0 Å². The number of carbonyl (C=O) groups excluding carboxylic acids is 1. The van der Waals surface area contributed by atoms with Crippen LogP contribution in [0.2, 0.25) is 0 Å². The molecule has 2 aromatic carbocycles. The van der Waals surface area contributed by atoms with Crippen molar-refractivity contribution >= 4 is 16.8 Å². The zero-order chi connectivity index (χ0) is 18.6. The lowest BCUT2D eigenvalue weighted by Gasteiger charge is -2.33. The minimum absolute atomic E-state index is 0.00934. The Labute approximate surface area is 157 Å². The molecule has 1 aromatic heterocycles. The van der Waals surface area contributed by atoms with Gasteiger partial charge in [0.25, 0.3) is 5.91 Å². The summed E-state index contributed by atoms with van der Waals surface area (Å²) in [6, 6.07) is 18.9. The van der Waals surface area contributed by atoms with Crippen LogP contribution in [0.3, 0.4) is 0 Å². The SMILES string of the molecule is O=C(c1cc(=O)c2ccccc2[nH]1)N1CCOC(CCc2ccccc2)C1. The third-order valence-electron chi connectivity index (χ3n) is 4.99. The molecular weight excluding hydrogens is 340 g/mol. The summed E-state index contributed by atoms with van der Waals surface area (Å²) >= 11 is 0. The molecule has 1 atom stereocenters. The van der Waals surface area contributed by atoms with Gasteiger partial charge in [0, 0.05) is 30.1 Å². The largest absolute Gasteiger partial charge is 0.375 e. The van der Waals surface area contributed by atoms with Crippen molar-refractivity contribution in [2.45, 2.75) is 18.9 Å². The number of amides is 1. The molecule has 1 unspecified atom stereocenters. The Morgan fingerprint density at radius 2 is 1.89 bits per heavy atom. The number of nitrogens with zero attached hydrogens (tertiary/aromatic N) is 1. The third kappa shape index (κ3) is 3.93. The number of pyridine rings is 1. The van der Waals surface area contributed by atoms with Gasteiger partial charge in [0.05, 0.1) is 12.7 Å². The number of carbonyl (C=O) groups is 1. The molecule has 1 saturated heterocycles. The minimum Gasteiger partial charge on any atom is -0.375 e. The van der Waals surface area contributed by atoms with E-state index in [0.29, 0.717) is 36.3 Å². The van der Waals surface area contributed by atoms with Crippen molar-refractivity contribution in [1.29, 1.82) is 0 Å². The highest BCUT2D eigenvalue weighted by Gasteiger charge is 2.25. The molecule has 0 spiro atoms. The van der Waals surface area contributed by atoms with Gasteiger partial charge in [-0.3, -0.25) is 9.59 Å². The van der Waals surface area contributed by atoms with E-state index in [2.05, 4.69) is 17.1 Å². The number of aromatic amines is 1. The van der Waals surface area contributed by atoms with Crippen molar-refractivity contribution in [3.8, 4) is 0 Å². The molecule has 1 amide bonds. The molecule has 138 valence electrons. The second-order valence-electron chi connectivity index (χ2n) is 6.86. The molecule has 1 fully saturated rings. The van der Waals surface area contributed by atoms with Gasteiger partial charge in [0.1, 0.15) is 5.69 Å². The molecule has 0 bridgehead atoms. The summed E-state index contributed by atoms with van der Waals surface area (Å²) < 4.78 is 5.84. The second kappa shape index (κ2) is 7.76. The number of hydrogen-bond acceptors (Lipinski definition) is 3. The highest BCUT2D eigenvalue weighted by Crippen LogP contribution is 2.15. The molecule has 1 N–H and O–H groups in total. The second-order valence-corrected chi connectivity index (χ2v) is 6.86. The maximum Gasteiger partial charge on any atom is 0.270 e. The monoisotopic (exact) mass is 362 g/mol. The summed E-state index contributed by atoms with van der Waals surface area (Å²) in [6.45, 7) is 1.60. The van der Waals surface area contributed by atoms with Gasteiger partial charge in [-0.25, -0.2) is 0 Å². The van der Waals surface area contributed by atoms with E-state index in [1.807, 2.05) is 36.4 Å². The number of para-hydroxylation sites is 1. The zero-order valence-corrected chi connectivity index (χ0v) is 15.1. The van der Waals surface area contributed by atoms with Crippen molar-refractivity contribution in [3.63, 3.8) is 0 Å². The van der Waals surface area contributed by atoms with Crippen LogP contribution >= 0.6 is 0 Å². The van der Waals surface area contributed by atoms with E-state index in [9.17, 15) is 9.59 Å². The number of aromatic nitrogens is 1. The van der Waals surface area contributed by atoms with Gasteiger partial charge in [-0.1, -0.05) is 42.5 Å². The number of ether oxygens (including phenoxy) is 1. The highest BCUT2D eigenvalue weighted by atomic mass is 16.5. The molecule has 1 aliphatic rings. The Kier molecular flexibility index (Phi) is 5.03. The molecule has 5 heteroatoms. The molecule has 5 nitrogen and oxygen atoms in total. The van der Waals surface area contributed by atoms with Crippen LogP contribution in [0.25, 0.3) is 10.9 Å². The van der Waals surface area contributed by atoms with Gasteiger partial charge in [0.15, 0.2) is 5.43 Å². The minimum atomic E-state index is -0.147. The number of rotatable bonds is 4. The Bertz CT molecular complexity index is 997. The van der Waals surface area contributed by atoms with Crippen LogP contribution in [0.4, 0.5) is 0 Å². The van der Waals surface area contributed by atoms with Crippen LogP contribution in [0, 0.1) is 0 Å². The molecule has 1 aliphatic heterocycles. The van der Waals surface area contributed by atoms with E-state index in [1.54, 1.807) is 11.0 Å². The van der Waals surface area contributed by atoms with Crippen LogP contribution in [0.5, 0.6) is 0 Å². The van der Waals surface area contributed by atoms with Crippen molar-refractivity contribution in [1.82, 2.24) is 9.88 Å². The van der Waals surface area contributed by atoms with Crippen LogP contribution in [0.1, 0.15) is 22.5 Å². The van der Waals surface area contributed by atoms with Gasteiger partial charge in [0.2, 0.25) is 0 Å². The van der Waals surface area contributed by atoms with Gasteiger partial charge < -0.3 is 14.6 Å². The highest BCUT2D eigenvalue weighted by molar-refractivity contribution is 5.94. The normalized spacial score (nSPS) is 17.2. The summed E-state index contributed by atoms with van der Waals surface area (Å²) in [5.74, 6) is -0.147. The summed E-state index contributed by atoms with van der Waals surface area (Å²) in [5.41, 5.74) is 2.15. The lowest BCUT2D eigenvalue weighted by molar-refractivity contribution is -0.0247. The van der Waals surface area contributed by atoms with Crippen molar-refractivity contribution in [2.75, 3.05) is 19.7 Å². The third-order valence-corrected chi connectivity index (χ3v) is 4.99. The molecule has 2 heterocycles. The fraction of sp³-hybridized carbons (Fsp3) is 0.273. The van der Waals surface area contributed by atoms with E-state index < -0.39 is 0 Å². The summed E-state index contributed by atoms with van der Waals surface area (Å²) in [5, 5.41) is 0.594. The van der Waals surface area contributed by atoms with Gasteiger partial charge in [-0.15, -0.1) is 0 Å². The molecule has 0 aliphatic carbocycles. The molecular formula is C22H22N2O3. The number of benzene rings is 2. The van der Waals surface area contributed by atoms with Crippen molar-refractivity contribution < 1.29 is 9.53 Å². The van der Waals surface area contributed by atoms with E-state index in [4.69, 9.17) is 4.74 Å². The van der Waals surface area contributed by atoms with E-state index >= 15 is 0 Å². The smallest absolute Gasteiger partial charge is 0.270 e. The summed E-state index contributed by atoms with van der Waals surface area (Å²) in [6.07, 6.45) is 1.79. The lowest BCUT2D eigenvalue weighted by Crippen LogP contribution is -2.46. The standard InChI is InChI=1S/C22H22N2O3/c25-21-14-20(23-19-9-5-4-8-18(19)21)22(26)24-12-13-27-17(15-24)11-10-16-6-2-1-3-7-16/h1-9,14,17H,10-13,15H2,(H,23,25). The average Bonchev–Trinajstić information content (AvgIpc) is 2.73. The maximum atomic E-state index is 12.9.